The number of halogens is 2. The number of aromatic nitrogens is 1. The van der Waals surface area contributed by atoms with E-state index in [1.54, 1.807) is 6.92 Å². The summed E-state index contributed by atoms with van der Waals surface area (Å²) in [5.74, 6) is -3.25. The second-order valence-electron chi connectivity index (χ2n) is 7.31. The van der Waals surface area contributed by atoms with Gasteiger partial charge in [0.1, 0.15) is 22.9 Å². The van der Waals surface area contributed by atoms with E-state index in [2.05, 4.69) is 10.6 Å². The van der Waals surface area contributed by atoms with Crippen molar-refractivity contribution < 1.29 is 28.2 Å². The molecule has 0 fully saturated rings. The summed E-state index contributed by atoms with van der Waals surface area (Å²) < 4.78 is 33.5. The zero-order valence-electron chi connectivity index (χ0n) is 17.1. The summed E-state index contributed by atoms with van der Waals surface area (Å²) in [4.78, 5) is 37.3. The van der Waals surface area contributed by atoms with Gasteiger partial charge in [-0.15, -0.1) is 0 Å². The number of ether oxygens (including phenoxy) is 1. The standard InChI is InChI=1S/C21H23F2N3O5/c1-11-7-15(24-5-6-31-2)18-17(20(29)19(28)16(10-27)26(11)18)21(30)25-9-12-3-4-13(22)8-14(12)23/h3-4,8,10-11,15,24,28H,5-7,9H2,1-2H3,(H,25,30)/t11-,15?/m0/s1. The summed E-state index contributed by atoms with van der Waals surface area (Å²) in [6, 6.07) is 2.21. The van der Waals surface area contributed by atoms with Crippen LogP contribution in [0.5, 0.6) is 5.75 Å². The monoisotopic (exact) mass is 435 g/mol. The smallest absolute Gasteiger partial charge is 0.257 e. The summed E-state index contributed by atoms with van der Waals surface area (Å²) in [5, 5.41) is 15.9. The van der Waals surface area contributed by atoms with Crippen LogP contribution in [0.2, 0.25) is 0 Å². The van der Waals surface area contributed by atoms with E-state index in [9.17, 15) is 28.3 Å². The van der Waals surface area contributed by atoms with Crippen molar-refractivity contribution in [1.29, 1.82) is 0 Å². The van der Waals surface area contributed by atoms with Crippen LogP contribution in [-0.2, 0) is 11.3 Å². The van der Waals surface area contributed by atoms with Gasteiger partial charge in [0, 0.05) is 37.9 Å². The summed E-state index contributed by atoms with van der Waals surface area (Å²) in [6.07, 6.45) is 0.851. The highest BCUT2D eigenvalue weighted by molar-refractivity contribution is 5.97. The van der Waals surface area contributed by atoms with Crippen molar-refractivity contribution in [2.75, 3.05) is 20.3 Å². The van der Waals surface area contributed by atoms with Gasteiger partial charge in [0.2, 0.25) is 5.43 Å². The average Bonchev–Trinajstić information content (AvgIpc) is 3.04. The Labute approximate surface area is 176 Å². The van der Waals surface area contributed by atoms with Crippen LogP contribution >= 0.6 is 0 Å². The summed E-state index contributed by atoms with van der Waals surface area (Å²) in [5.41, 5.74) is -1.22. The first-order valence-corrected chi connectivity index (χ1v) is 9.71. The fourth-order valence-electron chi connectivity index (χ4n) is 3.87. The Morgan fingerprint density at radius 1 is 1.39 bits per heavy atom. The number of hydrogen-bond acceptors (Lipinski definition) is 6. The molecule has 10 heteroatoms. The molecule has 31 heavy (non-hydrogen) atoms. The molecule has 0 aliphatic carbocycles. The molecule has 1 aliphatic rings. The predicted molar refractivity (Wildman–Crippen MR) is 107 cm³/mol. The molecule has 1 amide bonds. The lowest BCUT2D eigenvalue weighted by molar-refractivity contribution is 0.0945. The maximum absolute atomic E-state index is 13.9. The van der Waals surface area contributed by atoms with Crippen LogP contribution in [-0.4, -0.2) is 42.1 Å². The van der Waals surface area contributed by atoms with Crippen LogP contribution in [0.15, 0.2) is 23.0 Å². The van der Waals surface area contributed by atoms with Crippen LogP contribution in [0.25, 0.3) is 0 Å². The third-order valence-corrected chi connectivity index (χ3v) is 5.30. The zero-order chi connectivity index (χ0) is 22.7. The van der Waals surface area contributed by atoms with Gasteiger partial charge in [-0.25, -0.2) is 8.78 Å². The van der Waals surface area contributed by atoms with Gasteiger partial charge in [-0.1, -0.05) is 6.07 Å². The Bertz CT molecular complexity index is 1070. The molecule has 3 rings (SSSR count). The van der Waals surface area contributed by atoms with E-state index in [1.807, 2.05) is 0 Å². The molecule has 1 aliphatic heterocycles. The highest BCUT2D eigenvalue weighted by Gasteiger charge is 2.37. The number of aldehydes is 1. The van der Waals surface area contributed by atoms with E-state index in [0.717, 1.165) is 6.07 Å². The molecule has 1 unspecified atom stereocenters. The first-order valence-electron chi connectivity index (χ1n) is 9.71. The molecule has 2 heterocycles. The van der Waals surface area contributed by atoms with Gasteiger partial charge in [-0.3, -0.25) is 14.4 Å². The lowest BCUT2D eigenvalue weighted by atomic mass is 10.0. The maximum Gasteiger partial charge on any atom is 0.257 e. The number of hydrogen-bond donors (Lipinski definition) is 3. The molecule has 166 valence electrons. The lowest BCUT2D eigenvalue weighted by Crippen LogP contribution is -2.34. The van der Waals surface area contributed by atoms with Crippen molar-refractivity contribution in [2.45, 2.75) is 32.0 Å². The predicted octanol–water partition coefficient (Wildman–Crippen LogP) is 1.82. The fraction of sp³-hybridized carbons (Fsp3) is 0.381. The van der Waals surface area contributed by atoms with Gasteiger partial charge in [0.05, 0.1) is 18.3 Å². The Morgan fingerprint density at radius 3 is 2.77 bits per heavy atom. The molecule has 1 aromatic carbocycles. The first kappa shape index (κ1) is 22.6. The third kappa shape index (κ3) is 4.35. The number of benzene rings is 1. The number of nitrogens with zero attached hydrogens (tertiary/aromatic N) is 1. The maximum atomic E-state index is 13.9. The van der Waals surface area contributed by atoms with Gasteiger partial charge in [0.15, 0.2) is 12.0 Å². The summed E-state index contributed by atoms with van der Waals surface area (Å²) in [7, 11) is 1.54. The number of fused-ring (bicyclic) bond motifs is 1. The van der Waals surface area contributed by atoms with Gasteiger partial charge in [-0.2, -0.15) is 0 Å². The van der Waals surface area contributed by atoms with Crippen molar-refractivity contribution in [3.8, 4) is 5.75 Å². The SMILES string of the molecule is COCCNC1C[C@H](C)n2c(C=O)c(O)c(=O)c(C(=O)NCc3ccc(F)cc3F)c21. The topological polar surface area (TPSA) is 110 Å². The van der Waals surface area contributed by atoms with Crippen LogP contribution in [0.4, 0.5) is 8.78 Å². The molecule has 2 aromatic rings. The van der Waals surface area contributed by atoms with Crippen LogP contribution in [0, 0.1) is 11.6 Å². The zero-order valence-corrected chi connectivity index (χ0v) is 17.1. The minimum atomic E-state index is -0.988. The Hall–Kier alpha value is -3.11. The number of pyridine rings is 1. The lowest BCUT2D eigenvalue weighted by Gasteiger charge is -2.19. The Balaban J connectivity index is 2.00. The van der Waals surface area contributed by atoms with Crippen LogP contribution in [0.3, 0.4) is 0 Å². The molecular weight excluding hydrogens is 412 g/mol. The molecule has 3 N–H and O–H groups in total. The number of carbonyl (C=O) groups is 2. The van der Waals surface area contributed by atoms with Crippen molar-refractivity contribution >= 4 is 12.2 Å². The van der Waals surface area contributed by atoms with E-state index in [4.69, 9.17) is 4.74 Å². The number of nitrogens with one attached hydrogen (secondary N) is 2. The van der Waals surface area contributed by atoms with Gasteiger partial charge >= 0.3 is 0 Å². The Kier molecular flexibility index (Phi) is 6.81. The third-order valence-electron chi connectivity index (χ3n) is 5.30. The number of aromatic hydroxyl groups is 1. The summed E-state index contributed by atoms with van der Waals surface area (Å²) >= 11 is 0. The molecule has 0 spiro atoms. The largest absolute Gasteiger partial charge is 0.503 e. The van der Waals surface area contributed by atoms with E-state index >= 15 is 0 Å². The average molecular weight is 435 g/mol. The van der Waals surface area contributed by atoms with Crippen molar-refractivity contribution in [2.24, 2.45) is 0 Å². The van der Waals surface area contributed by atoms with E-state index < -0.39 is 34.8 Å². The second-order valence-corrected chi connectivity index (χ2v) is 7.31. The van der Waals surface area contributed by atoms with Crippen LogP contribution in [0.1, 0.15) is 57.5 Å². The quantitative estimate of drug-likeness (QED) is 0.431. The minimum Gasteiger partial charge on any atom is -0.503 e. The highest BCUT2D eigenvalue weighted by Crippen LogP contribution is 2.38. The normalized spacial score (nSPS) is 17.4. The highest BCUT2D eigenvalue weighted by atomic mass is 19.1. The molecule has 1 aromatic heterocycles. The number of amides is 1. The minimum absolute atomic E-state index is 0.0309. The summed E-state index contributed by atoms with van der Waals surface area (Å²) in [6.45, 7) is 2.33. The molecule has 8 nitrogen and oxygen atoms in total. The number of carbonyl (C=O) groups excluding carboxylic acids is 2. The van der Waals surface area contributed by atoms with Crippen molar-refractivity contribution in [3.05, 3.63) is 62.6 Å². The van der Waals surface area contributed by atoms with Gasteiger partial charge in [0.25, 0.3) is 5.91 Å². The van der Waals surface area contributed by atoms with Gasteiger partial charge in [-0.05, 0) is 19.4 Å². The molecule has 2 atom stereocenters. The second kappa shape index (κ2) is 9.36. The molecule has 0 radical (unpaired) electrons. The van der Waals surface area contributed by atoms with Crippen LogP contribution < -0.4 is 16.1 Å². The van der Waals surface area contributed by atoms with E-state index in [-0.39, 0.29) is 35.1 Å². The van der Waals surface area contributed by atoms with E-state index in [1.165, 1.54) is 17.7 Å². The molecule has 0 bridgehead atoms. The first-order chi connectivity index (χ1) is 14.8. The van der Waals surface area contributed by atoms with Crippen molar-refractivity contribution in [1.82, 2.24) is 15.2 Å². The molecular formula is C21H23F2N3O5. The molecule has 0 saturated carbocycles. The number of rotatable bonds is 8. The van der Waals surface area contributed by atoms with E-state index in [0.29, 0.717) is 31.9 Å². The van der Waals surface area contributed by atoms with Crippen molar-refractivity contribution in [3.63, 3.8) is 0 Å². The molecule has 0 saturated heterocycles. The van der Waals surface area contributed by atoms with Gasteiger partial charge < -0.3 is 25.0 Å². The Morgan fingerprint density at radius 2 is 2.13 bits per heavy atom. The number of methoxy groups -OCH3 is 1. The fourth-order valence-corrected chi connectivity index (χ4v) is 3.87.